The molecule has 1 saturated heterocycles. The molecule has 1 aliphatic heterocycles. The summed E-state index contributed by atoms with van der Waals surface area (Å²) >= 11 is 0. The van der Waals surface area contributed by atoms with Gasteiger partial charge in [0.05, 0.1) is 23.6 Å². The lowest BCUT2D eigenvalue weighted by Gasteiger charge is -2.18. The first kappa shape index (κ1) is 16.3. The van der Waals surface area contributed by atoms with Crippen molar-refractivity contribution < 1.29 is 27.9 Å². The number of alkyl halides is 3. The van der Waals surface area contributed by atoms with Crippen molar-refractivity contribution in [2.24, 2.45) is 11.8 Å². The highest BCUT2D eigenvalue weighted by molar-refractivity contribution is 5.94. The second-order valence-corrected chi connectivity index (χ2v) is 5.61. The van der Waals surface area contributed by atoms with Crippen LogP contribution < -0.4 is 0 Å². The molecule has 122 valence electrons. The number of halogens is 3. The molecule has 1 fully saturated rings. The van der Waals surface area contributed by atoms with Gasteiger partial charge in [-0.25, -0.2) is 0 Å². The van der Waals surface area contributed by atoms with Crippen LogP contribution in [0, 0.1) is 11.8 Å². The fourth-order valence-electron chi connectivity index (χ4n) is 2.46. The van der Waals surface area contributed by atoms with Crippen molar-refractivity contribution in [2.45, 2.75) is 26.1 Å². The van der Waals surface area contributed by atoms with Gasteiger partial charge in [-0.2, -0.15) is 18.3 Å². The fraction of sp³-hybridized carbons (Fsp3) is 0.615. The Labute approximate surface area is 124 Å². The molecule has 9 heteroatoms. The van der Waals surface area contributed by atoms with Gasteiger partial charge in [0, 0.05) is 25.3 Å². The Kier molecular flexibility index (Phi) is 4.17. The molecule has 6 nitrogen and oxygen atoms in total. The van der Waals surface area contributed by atoms with Gasteiger partial charge in [0.1, 0.15) is 0 Å². The maximum Gasteiger partial charge on any atom is 0.394 e. The Bertz CT molecular complexity index is 583. The predicted molar refractivity (Wildman–Crippen MR) is 69.2 cm³/mol. The molecule has 2 atom stereocenters. The van der Waals surface area contributed by atoms with E-state index in [1.54, 1.807) is 0 Å². The van der Waals surface area contributed by atoms with Crippen LogP contribution in [0.15, 0.2) is 12.4 Å². The largest absolute Gasteiger partial charge is 0.481 e. The average molecular weight is 319 g/mol. The molecular formula is C13H16F3N3O3. The lowest BCUT2D eigenvalue weighted by Crippen LogP contribution is -2.34. The molecule has 0 aromatic carbocycles. The van der Waals surface area contributed by atoms with Crippen molar-refractivity contribution in [3.8, 4) is 0 Å². The zero-order chi connectivity index (χ0) is 16.7. The van der Waals surface area contributed by atoms with Crippen LogP contribution in [0.1, 0.15) is 30.2 Å². The molecule has 1 aliphatic rings. The Morgan fingerprint density at radius 1 is 1.36 bits per heavy atom. The third-order valence-electron chi connectivity index (χ3n) is 3.72. The standard InChI is InChI=1S/C13H16F3N3O3/c1-7(2)19-4-8(3-17-19)11(20)18-5-9(12(21)22)10(6-18)13(14,15)16/h3-4,7,9-10H,5-6H2,1-2H3,(H,21,22)/t9-,10-/m1/s1. The molecule has 0 aliphatic carbocycles. The van der Waals surface area contributed by atoms with E-state index in [0.717, 1.165) is 4.90 Å². The number of carbonyl (C=O) groups excluding carboxylic acids is 1. The normalized spacial score (nSPS) is 22.4. The van der Waals surface area contributed by atoms with E-state index in [-0.39, 0.29) is 11.6 Å². The molecule has 0 unspecified atom stereocenters. The second kappa shape index (κ2) is 5.62. The number of likely N-dealkylation sites (tertiary alicyclic amines) is 1. The predicted octanol–water partition coefficient (Wildman–Crippen LogP) is 1.80. The number of carbonyl (C=O) groups is 2. The number of aliphatic carboxylic acids is 1. The van der Waals surface area contributed by atoms with E-state index >= 15 is 0 Å². The Balaban J connectivity index is 2.19. The van der Waals surface area contributed by atoms with Crippen LogP contribution in [0.4, 0.5) is 13.2 Å². The van der Waals surface area contributed by atoms with E-state index in [4.69, 9.17) is 5.11 Å². The van der Waals surface area contributed by atoms with Crippen molar-refractivity contribution in [3.05, 3.63) is 18.0 Å². The van der Waals surface area contributed by atoms with Crippen LogP contribution in [0.3, 0.4) is 0 Å². The highest BCUT2D eigenvalue weighted by Gasteiger charge is 2.53. The molecule has 2 rings (SSSR count). The second-order valence-electron chi connectivity index (χ2n) is 5.61. The van der Waals surface area contributed by atoms with Crippen LogP contribution in [0.5, 0.6) is 0 Å². The van der Waals surface area contributed by atoms with Crippen LogP contribution >= 0.6 is 0 Å². The molecule has 1 aromatic rings. The Morgan fingerprint density at radius 2 is 2.00 bits per heavy atom. The maximum absolute atomic E-state index is 12.9. The molecular weight excluding hydrogens is 303 g/mol. The van der Waals surface area contributed by atoms with Crippen molar-refractivity contribution in [1.29, 1.82) is 0 Å². The van der Waals surface area contributed by atoms with E-state index in [1.165, 1.54) is 17.1 Å². The summed E-state index contributed by atoms with van der Waals surface area (Å²) in [5.74, 6) is -5.86. The first-order valence-electron chi connectivity index (χ1n) is 6.74. The number of carboxylic acids is 1. The highest BCUT2D eigenvalue weighted by Crippen LogP contribution is 2.38. The van der Waals surface area contributed by atoms with Gasteiger partial charge in [0.2, 0.25) is 0 Å². The third kappa shape index (κ3) is 3.07. The molecule has 22 heavy (non-hydrogen) atoms. The molecule has 0 bridgehead atoms. The van der Waals surface area contributed by atoms with Crippen molar-refractivity contribution in [2.75, 3.05) is 13.1 Å². The molecule has 0 spiro atoms. The SMILES string of the molecule is CC(C)n1cc(C(=O)N2C[C@@H](C(F)(F)F)[C@H](C(=O)O)C2)cn1. The summed E-state index contributed by atoms with van der Waals surface area (Å²) in [7, 11) is 0. The lowest BCUT2D eigenvalue weighted by molar-refractivity contribution is -0.187. The van der Waals surface area contributed by atoms with Gasteiger partial charge < -0.3 is 10.0 Å². The molecule has 1 aromatic heterocycles. The summed E-state index contributed by atoms with van der Waals surface area (Å²) in [5, 5.41) is 12.9. The summed E-state index contributed by atoms with van der Waals surface area (Å²) < 4.78 is 40.2. The zero-order valence-electron chi connectivity index (χ0n) is 12.0. The van der Waals surface area contributed by atoms with E-state index in [0.29, 0.717) is 0 Å². The monoisotopic (exact) mass is 319 g/mol. The molecule has 0 radical (unpaired) electrons. The van der Waals surface area contributed by atoms with E-state index in [9.17, 15) is 22.8 Å². The Hall–Kier alpha value is -2.06. The van der Waals surface area contributed by atoms with Gasteiger partial charge in [-0.3, -0.25) is 14.3 Å². The Morgan fingerprint density at radius 3 is 2.41 bits per heavy atom. The topological polar surface area (TPSA) is 75.4 Å². The summed E-state index contributed by atoms with van der Waals surface area (Å²) in [6.07, 6.45) is -1.93. The van der Waals surface area contributed by atoms with E-state index < -0.39 is 43.0 Å². The van der Waals surface area contributed by atoms with Gasteiger partial charge in [-0.05, 0) is 13.8 Å². The van der Waals surface area contributed by atoms with Gasteiger partial charge in [-0.15, -0.1) is 0 Å². The van der Waals surface area contributed by atoms with E-state index in [1.807, 2.05) is 13.8 Å². The number of rotatable bonds is 3. The minimum absolute atomic E-state index is 0.00909. The zero-order valence-corrected chi connectivity index (χ0v) is 12.0. The number of aromatic nitrogens is 2. The first-order valence-corrected chi connectivity index (χ1v) is 6.74. The van der Waals surface area contributed by atoms with E-state index in [2.05, 4.69) is 5.10 Å². The number of hydrogen-bond donors (Lipinski definition) is 1. The maximum atomic E-state index is 12.9. The smallest absolute Gasteiger partial charge is 0.394 e. The number of carboxylic acid groups (broad SMARTS) is 1. The van der Waals surface area contributed by atoms with Crippen LogP contribution in [0.25, 0.3) is 0 Å². The molecule has 1 N–H and O–H groups in total. The lowest BCUT2D eigenvalue weighted by atomic mass is 9.96. The molecule has 2 heterocycles. The minimum atomic E-state index is -4.65. The van der Waals surface area contributed by atoms with Gasteiger partial charge in [0.25, 0.3) is 5.91 Å². The number of hydrogen-bond acceptors (Lipinski definition) is 3. The van der Waals surface area contributed by atoms with Crippen LogP contribution in [0.2, 0.25) is 0 Å². The molecule has 0 saturated carbocycles. The first-order chi connectivity index (χ1) is 10.1. The minimum Gasteiger partial charge on any atom is -0.481 e. The average Bonchev–Trinajstić information content (AvgIpc) is 3.04. The summed E-state index contributed by atoms with van der Waals surface area (Å²) in [4.78, 5) is 24.2. The number of amides is 1. The third-order valence-corrected chi connectivity index (χ3v) is 3.72. The van der Waals surface area contributed by atoms with Gasteiger partial charge >= 0.3 is 12.1 Å². The van der Waals surface area contributed by atoms with Crippen molar-refractivity contribution >= 4 is 11.9 Å². The quantitative estimate of drug-likeness (QED) is 0.922. The molecule has 1 amide bonds. The van der Waals surface area contributed by atoms with Gasteiger partial charge in [0.15, 0.2) is 0 Å². The van der Waals surface area contributed by atoms with Crippen molar-refractivity contribution in [1.82, 2.24) is 14.7 Å². The van der Waals surface area contributed by atoms with Crippen LogP contribution in [-0.2, 0) is 4.79 Å². The summed E-state index contributed by atoms with van der Waals surface area (Å²) in [6.45, 7) is 2.59. The van der Waals surface area contributed by atoms with Gasteiger partial charge in [-0.1, -0.05) is 0 Å². The fourth-order valence-corrected chi connectivity index (χ4v) is 2.46. The summed E-state index contributed by atoms with van der Waals surface area (Å²) in [6, 6.07) is 0.00909. The number of nitrogens with zero attached hydrogens (tertiary/aromatic N) is 3. The highest BCUT2D eigenvalue weighted by atomic mass is 19.4. The van der Waals surface area contributed by atoms with Crippen LogP contribution in [-0.4, -0.2) is 50.9 Å². The summed E-state index contributed by atoms with van der Waals surface area (Å²) in [5.41, 5.74) is 0.153. The van der Waals surface area contributed by atoms with Crippen molar-refractivity contribution in [3.63, 3.8) is 0 Å².